The van der Waals surface area contributed by atoms with Gasteiger partial charge in [0.25, 0.3) is 17.3 Å². The molecule has 0 saturated carbocycles. The Labute approximate surface area is 202 Å². The monoisotopic (exact) mass is 479 g/mol. The van der Waals surface area contributed by atoms with Crippen molar-refractivity contribution in [3.8, 4) is 5.88 Å². The lowest BCUT2D eigenvalue weighted by Gasteiger charge is -2.25. The molecule has 0 saturated heterocycles. The lowest BCUT2D eigenvalue weighted by Crippen LogP contribution is -2.43. The highest BCUT2D eigenvalue weighted by molar-refractivity contribution is 5.96. The second-order valence-electron chi connectivity index (χ2n) is 8.53. The Morgan fingerprint density at radius 3 is 2.74 bits per heavy atom. The predicted molar refractivity (Wildman–Crippen MR) is 132 cm³/mol. The number of nitrogen functional groups attached to an aromatic ring is 1. The number of carbonyl (C=O) groups excluding carboxylic acids is 1. The van der Waals surface area contributed by atoms with Crippen LogP contribution in [0.1, 0.15) is 43.4 Å². The van der Waals surface area contributed by atoms with Crippen LogP contribution in [-0.4, -0.2) is 33.8 Å². The molecule has 1 amide bonds. The number of ether oxygens (including phenoxy) is 1. The minimum atomic E-state index is -0.722. The molecular weight excluding hydrogens is 450 g/mol. The topological polar surface area (TPSA) is 136 Å². The zero-order chi connectivity index (χ0) is 24.8. The Kier molecular flexibility index (Phi) is 7.49. The number of rotatable bonds is 9. The fourth-order valence-electron chi connectivity index (χ4n) is 4.13. The average Bonchev–Trinajstić information content (AvgIpc) is 3.28. The van der Waals surface area contributed by atoms with E-state index in [4.69, 9.17) is 15.0 Å². The van der Waals surface area contributed by atoms with E-state index in [-0.39, 0.29) is 37.1 Å². The van der Waals surface area contributed by atoms with Gasteiger partial charge in [-0.05, 0) is 49.7 Å². The van der Waals surface area contributed by atoms with Crippen LogP contribution in [-0.2, 0) is 11.3 Å². The van der Waals surface area contributed by atoms with Gasteiger partial charge in [-0.25, -0.2) is 4.79 Å². The number of nitrogens with zero attached hydrogens (tertiary/aromatic N) is 3. The summed E-state index contributed by atoms with van der Waals surface area (Å²) in [5, 5.41) is 3.73. The molecule has 35 heavy (non-hydrogen) atoms. The van der Waals surface area contributed by atoms with Gasteiger partial charge in [-0.15, -0.1) is 0 Å². The molecule has 3 N–H and O–H groups in total. The third kappa shape index (κ3) is 5.89. The van der Waals surface area contributed by atoms with E-state index in [1.54, 1.807) is 13.0 Å². The van der Waals surface area contributed by atoms with Gasteiger partial charge in [-0.2, -0.15) is 0 Å². The summed E-state index contributed by atoms with van der Waals surface area (Å²) in [7, 11) is 0. The lowest BCUT2D eigenvalue weighted by atomic mass is 9.97. The van der Waals surface area contributed by atoms with Gasteiger partial charge < -0.3 is 19.9 Å². The van der Waals surface area contributed by atoms with E-state index >= 15 is 0 Å². The maximum atomic E-state index is 13.3. The molecule has 0 fully saturated rings. The highest BCUT2D eigenvalue weighted by atomic mass is 16.5. The molecule has 2 aromatic heterocycles. The number of hydrogen-bond donors (Lipinski definition) is 2. The summed E-state index contributed by atoms with van der Waals surface area (Å²) in [4.78, 5) is 42.4. The summed E-state index contributed by atoms with van der Waals surface area (Å²) in [6.45, 7) is 1.71. The highest BCUT2D eigenvalue weighted by Gasteiger charge is 2.25. The van der Waals surface area contributed by atoms with Gasteiger partial charge in [0.15, 0.2) is 12.3 Å². The summed E-state index contributed by atoms with van der Waals surface area (Å²) in [6, 6.07) is 10.8. The molecular formula is C25H29N5O5. The minimum absolute atomic E-state index is 0.0677. The first kappa shape index (κ1) is 24.1. The first-order valence-corrected chi connectivity index (χ1v) is 11.6. The van der Waals surface area contributed by atoms with Crippen molar-refractivity contribution in [2.24, 2.45) is 0 Å². The van der Waals surface area contributed by atoms with E-state index < -0.39 is 17.2 Å². The number of anilines is 2. The van der Waals surface area contributed by atoms with Crippen molar-refractivity contribution in [3.63, 3.8) is 0 Å². The van der Waals surface area contributed by atoms with Crippen LogP contribution in [0, 0.1) is 6.92 Å². The number of aryl methyl sites for hydroxylation is 1. The van der Waals surface area contributed by atoms with E-state index in [2.05, 4.69) is 16.2 Å². The molecule has 3 aromatic rings. The van der Waals surface area contributed by atoms with Crippen molar-refractivity contribution in [1.29, 1.82) is 0 Å². The third-order valence-electron chi connectivity index (χ3n) is 5.96. The Morgan fingerprint density at radius 2 is 2.06 bits per heavy atom. The normalized spacial score (nSPS) is 13.3. The van der Waals surface area contributed by atoms with Crippen molar-refractivity contribution >= 4 is 17.4 Å². The van der Waals surface area contributed by atoms with E-state index in [1.165, 1.54) is 15.0 Å². The maximum Gasteiger partial charge on any atom is 0.330 e. The van der Waals surface area contributed by atoms with Crippen LogP contribution >= 0.6 is 0 Å². The number of nitrogens with two attached hydrogens (primary N) is 1. The van der Waals surface area contributed by atoms with Crippen LogP contribution < -0.4 is 26.6 Å². The number of amides is 1. The minimum Gasteiger partial charge on any atom is -0.465 e. The molecule has 184 valence electrons. The van der Waals surface area contributed by atoms with Crippen LogP contribution in [0.15, 0.2) is 62.2 Å². The van der Waals surface area contributed by atoms with Crippen LogP contribution in [0.5, 0.6) is 5.88 Å². The van der Waals surface area contributed by atoms with Gasteiger partial charge in [0.05, 0.1) is 6.54 Å². The number of aromatic amines is 1. The molecule has 4 rings (SSSR count). The number of aromatic nitrogens is 3. The van der Waals surface area contributed by atoms with E-state index in [9.17, 15) is 14.4 Å². The quantitative estimate of drug-likeness (QED) is 0.450. The summed E-state index contributed by atoms with van der Waals surface area (Å²) < 4.78 is 11.7. The van der Waals surface area contributed by atoms with Gasteiger partial charge in [0.2, 0.25) is 0 Å². The summed E-state index contributed by atoms with van der Waals surface area (Å²) in [5.41, 5.74) is 6.98. The first-order chi connectivity index (χ1) is 16.9. The molecule has 0 atom stereocenters. The fraction of sp³-hybridized carbons (Fsp3) is 0.360. The number of nitrogens with one attached hydrogen (secondary N) is 1. The van der Waals surface area contributed by atoms with Crippen molar-refractivity contribution < 1.29 is 14.1 Å². The average molecular weight is 480 g/mol. The van der Waals surface area contributed by atoms with Crippen molar-refractivity contribution in [3.05, 3.63) is 80.2 Å². The smallest absolute Gasteiger partial charge is 0.330 e. The van der Waals surface area contributed by atoms with Gasteiger partial charge in [-0.3, -0.25) is 19.1 Å². The molecule has 0 radical (unpaired) electrons. The van der Waals surface area contributed by atoms with Gasteiger partial charge in [0.1, 0.15) is 11.6 Å². The van der Waals surface area contributed by atoms with E-state index in [0.29, 0.717) is 12.2 Å². The molecule has 1 aliphatic rings. The van der Waals surface area contributed by atoms with Crippen LogP contribution in [0.25, 0.3) is 0 Å². The number of carbonyl (C=O) groups is 1. The maximum absolute atomic E-state index is 13.3. The molecule has 10 heteroatoms. The van der Waals surface area contributed by atoms with Gasteiger partial charge in [0, 0.05) is 12.6 Å². The summed E-state index contributed by atoms with van der Waals surface area (Å²) in [5.74, 6) is 0.152. The van der Waals surface area contributed by atoms with Gasteiger partial charge in [-0.1, -0.05) is 42.0 Å². The predicted octanol–water partition coefficient (Wildman–Crippen LogP) is 2.77. The van der Waals surface area contributed by atoms with Crippen LogP contribution in [0.2, 0.25) is 0 Å². The number of benzene rings is 1. The first-order valence-electron chi connectivity index (χ1n) is 11.6. The van der Waals surface area contributed by atoms with E-state index in [0.717, 1.165) is 31.2 Å². The standard InChI is InChI=1S/C25H29N5O5/c1-17-14-20(28-35-17)34-16-21(31)29(13-12-18-8-4-2-5-9-18)22-23(26)30(25(33)27-24(22)32)15-19-10-6-3-7-11-19/h3,6-8,10-11,14H,2,4-5,9,12-13,15-16,26H2,1H3,(H,27,32,33). The van der Waals surface area contributed by atoms with Crippen molar-refractivity contribution in [2.45, 2.75) is 45.6 Å². The highest BCUT2D eigenvalue weighted by Crippen LogP contribution is 2.24. The molecule has 2 heterocycles. The largest absolute Gasteiger partial charge is 0.465 e. The van der Waals surface area contributed by atoms with Crippen molar-refractivity contribution in [1.82, 2.24) is 14.7 Å². The molecule has 0 aliphatic heterocycles. The molecule has 1 aliphatic carbocycles. The summed E-state index contributed by atoms with van der Waals surface area (Å²) in [6.07, 6.45) is 6.97. The zero-order valence-corrected chi connectivity index (χ0v) is 19.7. The molecule has 0 bridgehead atoms. The SMILES string of the molecule is Cc1cc(OCC(=O)N(CCC2=CCCCC2)c2c(N)n(Cc3ccccc3)c(=O)[nH]c2=O)no1. The number of hydrogen-bond acceptors (Lipinski definition) is 7. The molecule has 10 nitrogen and oxygen atoms in total. The Bertz CT molecular complexity index is 1320. The Balaban J connectivity index is 1.65. The van der Waals surface area contributed by atoms with Gasteiger partial charge >= 0.3 is 5.69 Å². The van der Waals surface area contributed by atoms with Crippen LogP contribution in [0.3, 0.4) is 0 Å². The second-order valence-corrected chi connectivity index (χ2v) is 8.53. The molecule has 1 aromatic carbocycles. The second kappa shape index (κ2) is 10.9. The van der Waals surface area contributed by atoms with E-state index in [1.807, 2.05) is 30.3 Å². The number of allylic oxidation sites excluding steroid dienone is 1. The zero-order valence-electron chi connectivity index (χ0n) is 19.7. The molecule has 0 spiro atoms. The lowest BCUT2D eigenvalue weighted by molar-refractivity contribution is -0.120. The Hall–Kier alpha value is -4.08. The molecule has 0 unspecified atom stereocenters. The number of H-pyrrole nitrogens is 1. The third-order valence-corrected chi connectivity index (χ3v) is 5.96. The summed E-state index contributed by atoms with van der Waals surface area (Å²) >= 11 is 0. The Morgan fingerprint density at radius 1 is 1.26 bits per heavy atom. The fourth-order valence-corrected chi connectivity index (χ4v) is 4.13. The van der Waals surface area contributed by atoms with Crippen LogP contribution in [0.4, 0.5) is 11.5 Å². The van der Waals surface area contributed by atoms with Crippen molar-refractivity contribution in [2.75, 3.05) is 23.8 Å².